The first-order chi connectivity index (χ1) is 22.1. The lowest BCUT2D eigenvalue weighted by molar-refractivity contribution is -0.197. The molecule has 1 aliphatic heterocycles. The maximum atomic E-state index is 12.9. The number of esters is 4. The lowest BCUT2D eigenvalue weighted by Crippen LogP contribution is -2.43. The third kappa shape index (κ3) is 9.50. The molecule has 0 bridgehead atoms. The summed E-state index contributed by atoms with van der Waals surface area (Å²) in [7, 11) is 0. The molecule has 0 amide bonds. The Balaban J connectivity index is 1.50. The number of Topliss-reactive ketones (excluding diaryl/α,β-unsaturated/α-hetero) is 3. The van der Waals surface area contributed by atoms with Crippen LogP contribution in [0.2, 0.25) is 0 Å². The minimum Gasteiger partial charge on any atom is -0.462 e. The molecular formula is C34H30O12. The van der Waals surface area contributed by atoms with Gasteiger partial charge in [0, 0.05) is 23.6 Å². The van der Waals surface area contributed by atoms with Crippen molar-refractivity contribution in [3.63, 3.8) is 0 Å². The molecule has 0 aliphatic carbocycles. The first-order valence-electron chi connectivity index (χ1n) is 14.2. The Bertz CT molecular complexity index is 1570. The topological polar surface area (TPSA) is 166 Å². The number of benzene rings is 3. The van der Waals surface area contributed by atoms with E-state index in [1.807, 2.05) is 0 Å². The highest BCUT2D eigenvalue weighted by atomic mass is 16.8. The molecule has 3 aromatic carbocycles. The molecular weight excluding hydrogens is 600 g/mol. The maximum absolute atomic E-state index is 12.9. The first-order valence-corrected chi connectivity index (χ1v) is 14.2. The van der Waals surface area contributed by atoms with Gasteiger partial charge in [0.25, 0.3) is 0 Å². The molecule has 1 aliphatic rings. The standard InChI is InChI=1S/C34H30O12/c1-21(35)43-34-33(46-31(41)19-27(38)24-15-9-4-10-16-24)32(45-30(40)18-26(37)23-13-7-3-8-14-23)28(44-34)20-42-29(39)17-25(36)22-11-5-2-6-12-22/h2-16,28,32-34H,17-20H2,1H3/t28-,32-,33-,34+/m1/s1. The molecule has 12 heteroatoms. The van der Waals surface area contributed by atoms with Crippen molar-refractivity contribution in [3.05, 3.63) is 108 Å². The van der Waals surface area contributed by atoms with Gasteiger partial charge in [-0.15, -0.1) is 0 Å². The van der Waals surface area contributed by atoms with Crippen LogP contribution in [0.1, 0.15) is 57.3 Å². The van der Waals surface area contributed by atoms with E-state index in [1.165, 1.54) is 36.4 Å². The molecule has 0 radical (unpaired) electrons. The van der Waals surface area contributed by atoms with Gasteiger partial charge in [-0.1, -0.05) is 91.0 Å². The summed E-state index contributed by atoms with van der Waals surface area (Å²) in [6.07, 6.45) is -8.17. The summed E-state index contributed by atoms with van der Waals surface area (Å²) < 4.78 is 27.1. The van der Waals surface area contributed by atoms with E-state index in [2.05, 4.69) is 0 Å². The zero-order chi connectivity index (χ0) is 33.1. The van der Waals surface area contributed by atoms with Crippen LogP contribution in [-0.4, -0.2) is 72.4 Å². The number of rotatable bonds is 14. The van der Waals surface area contributed by atoms with Gasteiger partial charge in [0.2, 0.25) is 12.4 Å². The van der Waals surface area contributed by atoms with Gasteiger partial charge in [-0.05, 0) is 0 Å². The lowest BCUT2D eigenvalue weighted by atomic mass is 10.1. The van der Waals surface area contributed by atoms with Crippen molar-refractivity contribution in [2.45, 2.75) is 50.8 Å². The van der Waals surface area contributed by atoms with E-state index < -0.39 is 91.7 Å². The fourth-order valence-electron chi connectivity index (χ4n) is 4.54. The van der Waals surface area contributed by atoms with Gasteiger partial charge >= 0.3 is 23.9 Å². The molecule has 0 unspecified atom stereocenters. The monoisotopic (exact) mass is 630 g/mol. The summed E-state index contributed by atoms with van der Waals surface area (Å²) in [4.78, 5) is 87.9. The molecule has 46 heavy (non-hydrogen) atoms. The van der Waals surface area contributed by atoms with Gasteiger partial charge in [-0.25, -0.2) is 0 Å². The molecule has 4 rings (SSSR count). The zero-order valence-electron chi connectivity index (χ0n) is 24.7. The van der Waals surface area contributed by atoms with Crippen LogP contribution in [-0.2, 0) is 42.9 Å². The van der Waals surface area contributed by atoms with Crippen LogP contribution in [0.3, 0.4) is 0 Å². The summed E-state index contributed by atoms with van der Waals surface area (Å²) >= 11 is 0. The molecule has 1 saturated heterocycles. The van der Waals surface area contributed by atoms with Gasteiger partial charge in [0.15, 0.2) is 23.5 Å². The highest BCUT2D eigenvalue weighted by Crippen LogP contribution is 2.29. The predicted octanol–water partition coefficient (Wildman–Crippen LogP) is 3.46. The van der Waals surface area contributed by atoms with E-state index >= 15 is 0 Å². The average Bonchev–Trinajstić information content (AvgIpc) is 3.34. The van der Waals surface area contributed by atoms with Gasteiger partial charge < -0.3 is 23.7 Å². The molecule has 4 atom stereocenters. The highest BCUT2D eigenvalue weighted by Gasteiger charge is 2.52. The smallest absolute Gasteiger partial charge is 0.314 e. The first kappa shape index (κ1) is 33.4. The largest absolute Gasteiger partial charge is 0.462 e. The summed E-state index contributed by atoms with van der Waals surface area (Å²) in [5, 5.41) is 0. The van der Waals surface area contributed by atoms with Gasteiger partial charge in [-0.2, -0.15) is 0 Å². The highest BCUT2D eigenvalue weighted by molar-refractivity contribution is 6.07. The number of carbonyl (C=O) groups excluding carboxylic acids is 7. The Morgan fingerprint density at radius 3 is 1.35 bits per heavy atom. The molecule has 0 aromatic heterocycles. The summed E-state index contributed by atoms with van der Waals surface area (Å²) in [6, 6.07) is 24.0. The van der Waals surface area contributed by atoms with Crippen molar-refractivity contribution in [2.24, 2.45) is 0 Å². The molecule has 12 nitrogen and oxygen atoms in total. The Labute approximate surface area is 263 Å². The average molecular weight is 631 g/mol. The molecule has 238 valence electrons. The fourth-order valence-corrected chi connectivity index (χ4v) is 4.54. The van der Waals surface area contributed by atoms with Crippen molar-refractivity contribution >= 4 is 41.2 Å². The summed E-state index contributed by atoms with van der Waals surface area (Å²) in [5.41, 5.74) is 0.783. The molecule has 0 N–H and O–H groups in total. The second-order valence-corrected chi connectivity index (χ2v) is 10.1. The number of ketones is 3. The predicted molar refractivity (Wildman–Crippen MR) is 157 cm³/mol. The quantitative estimate of drug-likeness (QED) is 0.110. The van der Waals surface area contributed by atoms with E-state index in [-0.39, 0.29) is 11.1 Å². The lowest BCUT2D eigenvalue weighted by Gasteiger charge is -2.23. The van der Waals surface area contributed by atoms with Crippen molar-refractivity contribution in [1.82, 2.24) is 0 Å². The van der Waals surface area contributed by atoms with Crippen LogP contribution >= 0.6 is 0 Å². The number of carbonyl (C=O) groups is 7. The van der Waals surface area contributed by atoms with Crippen LogP contribution in [0.25, 0.3) is 0 Å². The minimum absolute atomic E-state index is 0.246. The van der Waals surface area contributed by atoms with E-state index in [0.717, 1.165) is 6.92 Å². The van der Waals surface area contributed by atoms with Crippen molar-refractivity contribution < 1.29 is 57.2 Å². The Kier molecular flexibility index (Phi) is 11.6. The van der Waals surface area contributed by atoms with Crippen LogP contribution in [0.4, 0.5) is 0 Å². The van der Waals surface area contributed by atoms with Gasteiger partial charge in [-0.3, -0.25) is 33.6 Å². The molecule has 3 aromatic rings. The maximum Gasteiger partial charge on any atom is 0.314 e. The molecule has 1 heterocycles. The third-order valence-electron chi connectivity index (χ3n) is 6.70. The van der Waals surface area contributed by atoms with Crippen LogP contribution in [0, 0.1) is 0 Å². The van der Waals surface area contributed by atoms with Crippen LogP contribution in [0.5, 0.6) is 0 Å². The molecule has 0 saturated carbocycles. The normalized spacial score (nSPS) is 18.5. The van der Waals surface area contributed by atoms with Crippen molar-refractivity contribution in [1.29, 1.82) is 0 Å². The van der Waals surface area contributed by atoms with Crippen molar-refractivity contribution in [3.8, 4) is 0 Å². The summed E-state index contributed by atoms with van der Waals surface area (Å²) in [6.45, 7) is 0.448. The molecule has 0 spiro atoms. The summed E-state index contributed by atoms with van der Waals surface area (Å²) in [5.74, 6) is -5.50. The SMILES string of the molecule is CC(=O)O[C@H]1O[C@H](COC(=O)CC(=O)c2ccccc2)[C@@H](OC(=O)CC(=O)c2ccccc2)[C@H]1OC(=O)CC(=O)c1ccccc1. The Morgan fingerprint density at radius 2 is 0.935 bits per heavy atom. The van der Waals surface area contributed by atoms with Crippen LogP contribution in [0.15, 0.2) is 91.0 Å². The van der Waals surface area contributed by atoms with Gasteiger partial charge in [0.05, 0.1) is 0 Å². The van der Waals surface area contributed by atoms with Gasteiger partial charge in [0.1, 0.15) is 32.0 Å². The second kappa shape index (κ2) is 16.0. The number of hydrogen-bond acceptors (Lipinski definition) is 12. The Morgan fingerprint density at radius 1 is 0.543 bits per heavy atom. The fraction of sp³-hybridized carbons (Fsp3) is 0.265. The van der Waals surface area contributed by atoms with E-state index in [4.69, 9.17) is 23.7 Å². The molecule has 1 fully saturated rings. The van der Waals surface area contributed by atoms with E-state index in [0.29, 0.717) is 5.56 Å². The zero-order valence-corrected chi connectivity index (χ0v) is 24.7. The number of ether oxygens (including phenoxy) is 5. The van der Waals surface area contributed by atoms with Crippen LogP contribution < -0.4 is 0 Å². The second-order valence-electron chi connectivity index (χ2n) is 10.1. The minimum atomic E-state index is -1.63. The third-order valence-corrected chi connectivity index (χ3v) is 6.70. The Hall–Kier alpha value is -5.49. The van der Waals surface area contributed by atoms with E-state index in [9.17, 15) is 33.6 Å². The van der Waals surface area contributed by atoms with Crippen molar-refractivity contribution in [2.75, 3.05) is 6.61 Å². The van der Waals surface area contributed by atoms with E-state index in [1.54, 1.807) is 54.6 Å². The number of hydrogen-bond donors (Lipinski definition) is 0.